The lowest BCUT2D eigenvalue weighted by Gasteiger charge is -2.37. The summed E-state index contributed by atoms with van der Waals surface area (Å²) in [5.41, 5.74) is 4.22. The molecule has 0 unspecified atom stereocenters. The van der Waals surface area contributed by atoms with Gasteiger partial charge in [-0.1, -0.05) is 42.5 Å². The number of hydrogen-bond donors (Lipinski definition) is 0. The lowest BCUT2D eigenvalue weighted by Crippen LogP contribution is -2.48. The van der Waals surface area contributed by atoms with Gasteiger partial charge in [-0.3, -0.25) is 0 Å². The van der Waals surface area contributed by atoms with Crippen LogP contribution in [0.1, 0.15) is 62.6 Å². The van der Waals surface area contributed by atoms with Crippen LogP contribution in [0, 0.1) is 13.8 Å². The molecule has 0 radical (unpaired) electrons. The van der Waals surface area contributed by atoms with Gasteiger partial charge in [-0.15, -0.1) is 0 Å². The van der Waals surface area contributed by atoms with Crippen LogP contribution in [0.5, 0.6) is 0 Å². The summed E-state index contributed by atoms with van der Waals surface area (Å²) in [6.07, 6.45) is 5.79. The van der Waals surface area contributed by atoms with Crippen molar-refractivity contribution < 1.29 is 4.79 Å². The van der Waals surface area contributed by atoms with Gasteiger partial charge >= 0.3 is 6.03 Å². The Balaban J connectivity index is 1.97. The van der Waals surface area contributed by atoms with Crippen molar-refractivity contribution in [1.82, 2.24) is 14.8 Å². The Labute approximate surface area is 173 Å². The molecule has 1 aromatic heterocycles. The Bertz CT molecular complexity index is 841. The summed E-state index contributed by atoms with van der Waals surface area (Å²) < 4.78 is 0. The zero-order valence-corrected chi connectivity index (χ0v) is 18.4. The number of halogens is 1. The number of aromatic nitrogens is 1. The molecule has 2 amide bonds. The Morgan fingerprint density at radius 3 is 2.43 bits per heavy atom. The summed E-state index contributed by atoms with van der Waals surface area (Å²) in [4.78, 5) is 21.9. The van der Waals surface area contributed by atoms with Gasteiger partial charge in [0.2, 0.25) is 0 Å². The predicted molar refractivity (Wildman–Crippen MR) is 117 cm³/mol. The first-order chi connectivity index (χ1) is 13.4. The van der Waals surface area contributed by atoms with Crippen LogP contribution in [-0.2, 0) is 6.54 Å². The molecule has 0 saturated heterocycles. The molecule has 1 heterocycles. The molecule has 1 aromatic carbocycles. The van der Waals surface area contributed by atoms with Crippen molar-refractivity contribution in [2.75, 3.05) is 13.1 Å². The molecule has 4 nitrogen and oxygen atoms in total. The van der Waals surface area contributed by atoms with Crippen molar-refractivity contribution in [2.45, 2.75) is 72.4 Å². The van der Waals surface area contributed by atoms with E-state index in [2.05, 4.69) is 37.0 Å². The van der Waals surface area contributed by atoms with E-state index in [1.807, 2.05) is 23.6 Å². The van der Waals surface area contributed by atoms with E-state index in [9.17, 15) is 4.79 Å². The molecule has 3 rings (SSSR count). The highest BCUT2D eigenvalue weighted by Crippen LogP contribution is 2.29. The molecule has 152 valence electrons. The van der Waals surface area contributed by atoms with Crippen LogP contribution < -0.4 is 0 Å². The summed E-state index contributed by atoms with van der Waals surface area (Å²) in [6.45, 7) is 10.2. The minimum Gasteiger partial charge on any atom is -0.325 e. The minimum atomic E-state index is 0.119. The maximum atomic E-state index is 13.3. The maximum Gasteiger partial charge on any atom is 0.320 e. The fraction of sp³-hybridized carbons (Fsp3) is 0.565. The molecule has 1 aliphatic carbocycles. The van der Waals surface area contributed by atoms with Crippen molar-refractivity contribution in [1.29, 1.82) is 0 Å². The number of carbonyl (C=O) groups is 1. The van der Waals surface area contributed by atoms with Crippen molar-refractivity contribution in [3.05, 3.63) is 40.0 Å². The third kappa shape index (κ3) is 4.43. The molecule has 5 heteroatoms. The summed E-state index contributed by atoms with van der Waals surface area (Å²) in [6, 6.07) is 6.80. The van der Waals surface area contributed by atoms with Crippen LogP contribution >= 0.6 is 11.6 Å². The number of pyridine rings is 1. The van der Waals surface area contributed by atoms with Gasteiger partial charge < -0.3 is 9.80 Å². The predicted octanol–water partition coefficient (Wildman–Crippen LogP) is 6.10. The van der Waals surface area contributed by atoms with Gasteiger partial charge in [-0.25, -0.2) is 9.78 Å². The highest BCUT2D eigenvalue weighted by Gasteiger charge is 2.29. The van der Waals surface area contributed by atoms with E-state index in [0.717, 1.165) is 48.0 Å². The van der Waals surface area contributed by atoms with Crippen LogP contribution in [0.2, 0.25) is 5.15 Å². The van der Waals surface area contributed by atoms with E-state index in [4.69, 9.17) is 11.6 Å². The monoisotopic (exact) mass is 401 g/mol. The number of urea groups is 1. The van der Waals surface area contributed by atoms with Crippen molar-refractivity contribution in [2.24, 2.45) is 0 Å². The van der Waals surface area contributed by atoms with E-state index < -0.39 is 0 Å². The van der Waals surface area contributed by atoms with E-state index in [1.165, 1.54) is 24.8 Å². The smallest absolute Gasteiger partial charge is 0.320 e. The fourth-order valence-electron chi connectivity index (χ4n) is 4.39. The highest BCUT2D eigenvalue weighted by molar-refractivity contribution is 6.30. The van der Waals surface area contributed by atoms with Crippen LogP contribution in [0.3, 0.4) is 0 Å². The number of hydrogen-bond acceptors (Lipinski definition) is 2. The van der Waals surface area contributed by atoms with Gasteiger partial charge in [0.1, 0.15) is 5.15 Å². The SMILES string of the molecule is CCN(CC)C(=O)N(Cc1cc2cc(C)cc(C)c2nc1Cl)C1CCCCC1. The maximum absolute atomic E-state index is 13.3. The van der Waals surface area contributed by atoms with Gasteiger partial charge in [-0.05, 0) is 58.2 Å². The number of amides is 2. The molecule has 28 heavy (non-hydrogen) atoms. The van der Waals surface area contributed by atoms with Crippen LogP contribution in [0.15, 0.2) is 18.2 Å². The largest absolute Gasteiger partial charge is 0.325 e. The zero-order chi connectivity index (χ0) is 20.3. The van der Waals surface area contributed by atoms with E-state index in [-0.39, 0.29) is 12.1 Å². The average Bonchev–Trinajstić information content (AvgIpc) is 2.68. The van der Waals surface area contributed by atoms with Gasteiger partial charge in [0.15, 0.2) is 0 Å². The summed E-state index contributed by atoms with van der Waals surface area (Å²) in [5.74, 6) is 0. The fourth-order valence-corrected chi connectivity index (χ4v) is 4.59. The van der Waals surface area contributed by atoms with E-state index in [1.54, 1.807) is 0 Å². The zero-order valence-electron chi connectivity index (χ0n) is 17.6. The number of rotatable bonds is 5. The third-order valence-electron chi connectivity index (χ3n) is 5.91. The summed E-state index contributed by atoms with van der Waals surface area (Å²) in [7, 11) is 0. The van der Waals surface area contributed by atoms with Crippen LogP contribution in [-0.4, -0.2) is 39.9 Å². The molecule has 1 fully saturated rings. The molecule has 0 aliphatic heterocycles. The van der Waals surface area contributed by atoms with Gasteiger partial charge in [0.05, 0.1) is 12.1 Å². The minimum absolute atomic E-state index is 0.119. The molecular formula is C23H32ClN3O. The molecule has 1 aliphatic rings. The second-order valence-electron chi connectivity index (χ2n) is 7.97. The first-order valence-electron chi connectivity index (χ1n) is 10.6. The highest BCUT2D eigenvalue weighted by atomic mass is 35.5. The van der Waals surface area contributed by atoms with E-state index >= 15 is 0 Å². The Morgan fingerprint density at radius 1 is 1.11 bits per heavy atom. The first kappa shape index (κ1) is 20.9. The lowest BCUT2D eigenvalue weighted by molar-refractivity contribution is 0.118. The van der Waals surface area contributed by atoms with Crippen molar-refractivity contribution in [3.8, 4) is 0 Å². The van der Waals surface area contributed by atoms with Crippen LogP contribution in [0.25, 0.3) is 10.9 Å². The third-order valence-corrected chi connectivity index (χ3v) is 6.24. The van der Waals surface area contributed by atoms with Crippen LogP contribution in [0.4, 0.5) is 4.79 Å². The van der Waals surface area contributed by atoms with Gasteiger partial charge in [0, 0.05) is 30.1 Å². The number of carbonyl (C=O) groups excluding carboxylic acids is 1. The van der Waals surface area contributed by atoms with Gasteiger partial charge in [-0.2, -0.15) is 0 Å². The Hall–Kier alpha value is -1.81. The topological polar surface area (TPSA) is 36.4 Å². The molecule has 2 aromatic rings. The lowest BCUT2D eigenvalue weighted by atomic mass is 9.94. The molecule has 0 N–H and O–H groups in total. The number of benzene rings is 1. The molecule has 1 saturated carbocycles. The van der Waals surface area contributed by atoms with Crippen molar-refractivity contribution in [3.63, 3.8) is 0 Å². The molecule has 0 bridgehead atoms. The Kier molecular flexibility index (Phi) is 6.82. The number of nitrogens with zero attached hydrogens (tertiary/aromatic N) is 3. The summed E-state index contributed by atoms with van der Waals surface area (Å²) in [5, 5.41) is 1.60. The molecule has 0 atom stereocenters. The number of fused-ring (bicyclic) bond motifs is 1. The van der Waals surface area contributed by atoms with Crippen molar-refractivity contribution >= 4 is 28.5 Å². The normalized spacial score (nSPS) is 15.0. The molecule has 0 spiro atoms. The first-order valence-corrected chi connectivity index (χ1v) is 10.9. The second kappa shape index (κ2) is 9.13. The van der Waals surface area contributed by atoms with Gasteiger partial charge in [0.25, 0.3) is 0 Å². The average molecular weight is 402 g/mol. The quantitative estimate of drug-likeness (QED) is 0.567. The molecular weight excluding hydrogens is 370 g/mol. The second-order valence-corrected chi connectivity index (χ2v) is 8.32. The van der Waals surface area contributed by atoms with E-state index in [0.29, 0.717) is 11.7 Å². The summed E-state index contributed by atoms with van der Waals surface area (Å²) >= 11 is 6.59. The number of aryl methyl sites for hydroxylation is 2. The standard InChI is InChI=1S/C23H32ClN3O/c1-5-26(6-2)23(28)27(20-10-8-7-9-11-20)15-19-14-18-13-16(3)12-17(4)21(18)25-22(19)24/h12-14,20H,5-11,15H2,1-4H3. The Morgan fingerprint density at radius 2 is 1.79 bits per heavy atom.